The van der Waals surface area contributed by atoms with Crippen molar-refractivity contribution >= 4 is 50.5 Å². The molecular formula is C12H9BrCl2O2S. The largest absolute Gasteiger partial charge is 0.495 e. The van der Waals surface area contributed by atoms with E-state index < -0.39 is 6.10 Å². The Bertz CT molecular complexity index is 571. The summed E-state index contributed by atoms with van der Waals surface area (Å²) < 4.78 is 5.98. The Hall–Kier alpha value is -0.260. The van der Waals surface area contributed by atoms with Crippen LogP contribution in [0.5, 0.6) is 5.75 Å². The molecule has 1 N–H and O–H groups in total. The van der Waals surface area contributed by atoms with Crippen molar-refractivity contribution in [3.63, 3.8) is 0 Å². The number of thiophene rings is 1. The van der Waals surface area contributed by atoms with Gasteiger partial charge in [-0.05, 0) is 39.5 Å². The second-order valence-electron chi connectivity index (χ2n) is 3.55. The van der Waals surface area contributed by atoms with Gasteiger partial charge in [-0.1, -0.05) is 23.2 Å². The molecule has 2 rings (SSSR count). The van der Waals surface area contributed by atoms with E-state index in [4.69, 9.17) is 27.9 Å². The Balaban J connectivity index is 2.54. The van der Waals surface area contributed by atoms with E-state index in [9.17, 15) is 5.11 Å². The molecule has 0 fully saturated rings. The minimum absolute atomic E-state index is 0.518. The Morgan fingerprint density at radius 2 is 2.11 bits per heavy atom. The summed E-state index contributed by atoms with van der Waals surface area (Å²) in [6.07, 6.45) is -0.859. The number of hydrogen-bond donors (Lipinski definition) is 1. The van der Waals surface area contributed by atoms with Crippen LogP contribution in [0.4, 0.5) is 0 Å². The first-order chi connectivity index (χ1) is 8.54. The molecule has 2 nitrogen and oxygen atoms in total. The zero-order chi connectivity index (χ0) is 13.3. The lowest BCUT2D eigenvalue weighted by Crippen LogP contribution is -2.02. The third-order valence-corrected chi connectivity index (χ3v) is 4.65. The van der Waals surface area contributed by atoms with Gasteiger partial charge in [-0.25, -0.2) is 0 Å². The van der Waals surface area contributed by atoms with Crippen molar-refractivity contribution < 1.29 is 9.84 Å². The lowest BCUT2D eigenvalue weighted by Gasteiger charge is -2.16. The highest BCUT2D eigenvalue weighted by molar-refractivity contribution is 9.10. The molecule has 6 heteroatoms. The zero-order valence-electron chi connectivity index (χ0n) is 9.28. The maximum Gasteiger partial charge on any atom is 0.139 e. The number of benzene rings is 1. The van der Waals surface area contributed by atoms with Gasteiger partial charge in [-0.15, -0.1) is 11.3 Å². The average molecular weight is 368 g/mol. The van der Waals surface area contributed by atoms with Crippen molar-refractivity contribution in [1.82, 2.24) is 0 Å². The molecule has 1 unspecified atom stereocenters. The zero-order valence-corrected chi connectivity index (χ0v) is 13.2. The van der Waals surface area contributed by atoms with Gasteiger partial charge >= 0.3 is 0 Å². The average Bonchev–Trinajstić information content (AvgIpc) is 2.73. The van der Waals surface area contributed by atoms with Crippen LogP contribution in [-0.2, 0) is 0 Å². The second kappa shape index (κ2) is 5.80. The summed E-state index contributed by atoms with van der Waals surface area (Å²) in [6.45, 7) is 0. The number of methoxy groups -OCH3 is 1. The van der Waals surface area contributed by atoms with E-state index in [0.29, 0.717) is 30.7 Å². The molecule has 0 aliphatic carbocycles. The minimum Gasteiger partial charge on any atom is -0.495 e. The van der Waals surface area contributed by atoms with Crippen LogP contribution in [0.15, 0.2) is 28.1 Å². The van der Waals surface area contributed by atoms with Gasteiger partial charge in [0.25, 0.3) is 0 Å². The first-order valence-electron chi connectivity index (χ1n) is 4.98. The van der Waals surface area contributed by atoms with E-state index in [-0.39, 0.29) is 0 Å². The number of hydrogen-bond acceptors (Lipinski definition) is 3. The highest BCUT2D eigenvalue weighted by Crippen LogP contribution is 2.41. The summed E-state index contributed by atoms with van der Waals surface area (Å²) in [5.41, 5.74) is 0.584. The van der Waals surface area contributed by atoms with Crippen molar-refractivity contribution in [2.45, 2.75) is 6.10 Å². The molecule has 1 atom stereocenters. The summed E-state index contributed by atoms with van der Waals surface area (Å²) >= 11 is 16.8. The molecule has 1 heterocycles. The van der Waals surface area contributed by atoms with Crippen LogP contribution in [-0.4, -0.2) is 12.2 Å². The molecule has 0 amide bonds. The third-order valence-electron chi connectivity index (χ3n) is 2.43. The first kappa shape index (κ1) is 14.2. The van der Waals surface area contributed by atoms with Crippen LogP contribution in [0.1, 0.15) is 16.5 Å². The Labute approximate surface area is 127 Å². The summed E-state index contributed by atoms with van der Waals surface area (Å²) in [5, 5.41) is 13.3. The third kappa shape index (κ3) is 2.68. The van der Waals surface area contributed by atoms with E-state index >= 15 is 0 Å². The summed E-state index contributed by atoms with van der Waals surface area (Å²) in [6, 6.07) is 5.13. The Morgan fingerprint density at radius 3 is 2.67 bits per heavy atom. The van der Waals surface area contributed by atoms with Gasteiger partial charge in [-0.2, -0.15) is 0 Å². The lowest BCUT2D eigenvalue weighted by molar-refractivity contribution is 0.218. The van der Waals surface area contributed by atoms with E-state index in [1.165, 1.54) is 11.3 Å². The van der Waals surface area contributed by atoms with E-state index in [1.807, 2.05) is 5.38 Å². The summed E-state index contributed by atoms with van der Waals surface area (Å²) in [5.74, 6) is 0.552. The molecule has 18 heavy (non-hydrogen) atoms. The monoisotopic (exact) mass is 366 g/mol. The van der Waals surface area contributed by atoms with Gasteiger partial charge in [0.2, 0.25) is 0 Å². The number of halogens is 3. The second-order valence-corrected chi connectivity index (χ2v) is 6.19. The molecule has 0 aliphatic rings. The van der Waals surface area contributed by atoms with Crippen molar-refractivity contribution in [2.24, 2.45) is 0 Å². The number of aliphatic hydroxyl groups excluding tert-OH is 1. The molecule has 2 aromatic rings. The highest BCUT2D eigenvalue weighted by Gasteiger charge is 2.21. The number of ether oxygens (including phenoxy) is 1. The highest BCUT2D eigenvalue weighted by atomic mass is 79.9. The maximum atomic E-state index is 10.4. The predicted octanol–water partition coefficient (Wildman–Crippen LogP) is 4.91. The molecule has 0 radical (unpaired) electrons. The normalized spacial score (nSPS) is 12.5. The number of rotatable bonds is 3. The molecule has 0 spiro atoms. The van der Waals surface area contributed by atoms with Gasteiger partial charge in [0, 0.05) is 10.6 Å². The Morgan fingerprint density at radius 1 is 1.39 bits per heavy atom. The maximum absolute atomic E-state index is 10.4. The Kier molecular flexibility index (Phi) is 4.56. The van der Waals surface area contributed by atoms with Crippen LogP contribution >= 0.6 is 50.5 Å². The molecule has 1 aromatic carbocycles. The SMILES string of the molecule is COc1c(Br)cc(Cl)cc1C(O)c1sccc1Cl. The van der Waals surface area contributed by atoms with Gasteiger partial charge in [0.1, 0.15) is 11.9 Å². The van der Waals surface area contributed by atoms with Crippen molar-refractivity contribution in [1.29, 1.82) is 0 Å². The first-order valence-corrected chi connectivity index (χ1v) is 7.41. The fraction of sp³-hybridized carbons (Fsp3) is 0.167. The van der Waals surface area contributed by atoms with Crippen molar-refractivity contribution in [3.05, 3.63) is 48.5 Å². The van der Waals surface area contributed by atoms with Gasteiger partial charge in [0.15, 0.2) is 0 Å². The molecule has 0 saturated heterocycles. The molecule has 0 aliphatic heterocycles. The van der Waals surface area contributed by atoms with E-state index in [0.717, 1.165) is 0 Å². The lowest BCUT2D eigenvalue weighted by atomic mass is 10.1. The van der Waals surface area contributed by atoms with Gasteiger partial charge in [-0.3, -0.25) is 0 Å². The smallest absolute Gasteiger partial charge is 0.139 e. The molecule has 1 aromatic heterocycles. The summed E-state index contributed by atoms with van der Waals surface area (Å²) in [4.78, 5) is 0.670. The molecular weight excluding hydrogens is 359 g/mol. The molecule has 0 bridgehead atoms. The van der Waals surface area contributed by atoms with Crippen LogP contribution in [0.3, 0.4) is 0 Å². The molecule has 96 valence electrons. The fourth-order valence-electron chi connectivity index (χ4n) is 1.64. The van der Waals surface area contributed by atoms with Crippen LogP contribution in [0.2, 0.25) is 10.0 Å². The number of aliphatic hydroxyl groups is 1. The van der Waals surface area contributed by atoms with E-state index in [1.54, 1.807) is 25.3 Å². The molecule has 0 saturated carbocycles. The van der Waals surface area contributed by atoms with E-state index in [2.05, 4.69) is 15.9 Å². The minimum atomic E-state index is -0.859. The van der Waals surface area contributed by atoms with Gasteiger partial charge < -0.3 is 9.84 Å². The standard InChI is InChI=1S/C12H9BrCl2O2S/c1-17-11-7(4-6(14)5-8(11)13)10(16)12-9(15)2-3-18-12/h2-5,10,16H,1H3. The van der Waals surface area contributed by atoms with Crippen LogP contribution in [0, 0.1) is 0 Å². The van der Waals surface area contributed by atoms with Crippen molar-refractivity contribution in [3.8, 4) is 5.75 Å². The van der Waals surface area contributed by atoms with Crippen LogP contribution < -0.4 is 4.74 Å². The topological polar surface area (TPSA) is 29.5 Å². The fourth-order valence-corrected chi connectivity index (χ4v) is 3.80. The van der Waals surface area contributed by atoms with Crippen LogP contribution in [0.25, 0.3) is 0 Å². The summed E-state index contributed by atoms with van der Waals surface area (Å²) in [7, 11) is 1.54. The quantitative estimate of drug-likeness (QED) is 0.835. The van der Waals surface area contributed by atoms with Crippen molar-refractivity contribution in [2.75, 3.05) is 7.11 Å². The van der Waals surface area contributed by atoms with Gasteiger partial charge in [0.05, 0.1) is 21.5 Å². The predicted molar refractivity (Wildman–Crippen MR) is 79.1 cm³/mol.